The predicted octanol–water partition coefficient (Wildman–Crippen LogP) is 0.868. The number of ether oxygens (including phenoxy) is 2. The number of hydrogen-bond donors (Lipinski definition) is 3. The number of carbonyl (C=O) groups is 3. The molecule has 138 valence electrons. The fourth-order valence-corrected chi connectivity index (χ4v) is 2.28. The molecule has 0 spiro atoms. The minimum Gasteiger partial charge on any atom is -0.494 e. The Morgan fingerprint density at radius 3 is 2.48 bits per heavy atom. The van der Waals surface area contributed by atoms with Crippen LogP contribution in [0.1, 0.15) is 31.9 Å². The van der Waals surface area contributed by atoms with E-state index in [1.165, 1.54) is 14.0 Å². The third-order valence-electron chi connectivity index (χ3n) is 3.41. The summed E-state index contributed by atoms with van der Waals surface area (Å²) in [5, 5.41) is 14.1. The monoisotopic (exact) mass is 352 g/mol. The molecule has 0 saturated heterocycles. The Balaban J connectivity index is 2.84. The zero-order valence-corrected chi connectivity index (χ0v) is 14.6. The van der Waals surface area contributed by atoms with Gasteiger partial charge in [-0.3, -0.25) is 9.59 Å². The second-order valence-corrected chi connectivity index (χ2v) is 5.29. The van der Waals surface area contributed by atoms with Gasteiger partial charge < -0.3 is 25.2 Å². The first kappa shape index (κ1) is 20.4. The van der Waals surface area contributed by atoms with Crippen LogP contribution in [0.3, 0.4) is 0 Å². The molecule has 0 heterocycles. The summed E-state index contributed by atoms with van der Waals surface area (Å²) in [4.78, 5) is 34.6. The molecule has 0 fully saturated rings. The summed E-state index contributed by atoms with van der Waals surface area (Å²) in [5.74, 6) is -1.28. The maximum Gasteiger partial charge on any atom is 0.334 e. The van der Waals surface area contributed by atoms with E-state index in [9.17, 15) is 14.4 Å². The third-order valence-corrected chi connectivity index (χ3v) is 3.41. The lowest BCUT2D eigenvalue weighted by atomic mass is 10.0. The molecular formula is C17H24N2O6. The molecule has 2 unspecified atom stereocenters. The van der Waals surface area contributed by atoms with E-state index in [0.717, 1.165) is 0 Å². The molecule has 2 amide bonds. The lowest BCUT2D eigenvalue weighted by Crippen LogP contribution is -2.39. The molecule has 3 N–H and O–H groups in total. The van der Waals surface area contributed by atoms with Gasteiger partial charge >= 0.3 is 5.97 Å². The number of methoxy groups -OCH3 is 1. The number of rotatable bonds is 10. The molecule has 0 aromatic heterocycles. The number of hydrogen-bond acceptors (Lipinski definition) is 5. The van der Waals surface area contributed by atoms with Crippen molar-refractivity contribution in [3.8, 4) is 5.75 Å². The number of carbonyl (C=O) groups excluding carboxylic acids is 2. The number of benzene rings is 1. The minimum absolute atomic E-state index is 0.0558. The van der Waals surface area contributed by atoms with Gasteiger partial charge in [0.15, 0.2) is 6.10 Å². The molecule has 25 heavy (non-hydrogen) atoms. The van der Waals surface area contributed by atoms with Gasteiger partial charge in [0.1, 0.15) is 5.75 Å². The third kappa shape index (κ3) is 6.80. The summed E-state index contributed by atoms with van der Waals surface area (Å²) in [6.45, 7) is 3.49. The van der Waals surface area contributed by atoms with Crippen LogP contribution in [0.5, 0.6) is 5.75 Å². The standard InChI is InChI=1S/C17H24N2O6/c1-4-25-14-8-6-5-7-12(14)13(19-11(2)20)9-16(21)18-10-15(24-3)17(22)23/h5-8,13,15H,4,9-10H2,1-3H3,(H,18,21)(H,19,20)(H,22,23). The predicted molar refractivity (Wildman–Crippen MR) is 90.2 cm³/mol. The molecular weight excluding hydrogens is 328 g/mol. The van der Waals surface area contributed by atoms with Crippen LogP contribution in [0.2, 0.25) is 0 Å². The van der Waals surface area contributed by atoms with Crippen molar-refractivity contribution in [3.63, 3.8) is 0 Å². The van der Waals surface area contributed by atoms with E-state index in [2.05, 4.69) is 10.6 Å². The van der Waals surface area contributed by atoms with Gasteiger partial charge in [-0.25, -0.2) is 4.79 Å². The average Bonchev–Trinajstić information content (AvgIpc) is 2.55. The number of amides is 2. The van der Waals surface area contributed by atoms with Crippen LogP contribution < -0.4 is 15.4 Å². The second-order valence-electron chi connectivity index (χ2n) is 5.29. The Labute approximate surface area is 146 Å². The van der Waals surface area contributed by atoms with Gasteiger partial charge in [0.05, 0.1) is 25.6 Å². The zero-order chi connectivity index (χ0) is 18.8. The van der Waals surface area contributed by atoms with Crippen molar-refractivity contribution in [1.29, 1.82) is 0 Å². The van der Waals surface area contributed by atoms with Crippen LogP contribution in [-0.4, -0.2) is 49.3 Å². The summed E-state index contributed by atoms with van der Waals surface area (Å²) in [5.41, 5.74) is 0.677. The summed E-state index contributed by atoms with van der Waals surface area (Å²) in [6.07, 6.45) is -1.18. The Hall–Kier alpha value is -2.61. The highest BCUT2D eigenvalue weighted by Crippen LogP contribution is 2.27. The maximum absolute atomic E-state index is 12.2. The number of nitrogens with one attached hydrogen (secondary N) is 2. The normalized spacial score (nSPS) is 12.8. The fraction of sp³-hybridized carbons (Fsp3) is 0.471. The molecule has 0 aliphatic heterocycles. The van der Waals surface area contributed by atoms with Gasteiger partial charge in [0.2, 0.25) is 11.8 Å². The molecule has 0 bridgehead atoms. The summed E-state index contributed by atoms with van der Waals surface area (Å²) >= 11 is 0. The topological polar surface area (TPSA) is 114 Å². The van der Waals surface area contributed by atoms with Crippen LogP contribution in [-0.2, 0) is 19.1 Å². The van der Waals surface area contributed by atoms with Crippen molar-refractivity contribution in [2.75, 3.05) is 20.3 Å². The van der Waals surface area contributed by atoms with Gasteiger partial charge in [-0.2, -0.15) is 0 Å². The second kappa shape index (κ2) is 10.3. The molecule has 8 nitrogen and oxygen atoms in total. The summed E-state index contributed by atoms with van der Waals surface area (Å²) in [7, 11) is 1.25. The molecule has 0 radical (unpaired) electrons. The SMILES string of the molecule is CCOc1ccccc1C(CC(=O)NCC(OC)C(=O)O)NC(C)=O. The van der Waals surface area contributed by atoms with Crippen LogP contribution in [0, 0.1) is 0 Å². The zero-order valence-electron chi connectivity index (χ0n) is 14.6. The first-order valence-electron chi connectivity index (χ1n) is 7.90. The first-order valence-corrected chi connectivity index (χ1v) is 7.90. The van der Waals surface area contributed by atoms with E-state index in [-0.39, 0.29) is 18.9 Å². The molecule has 8 heteroatoms. The van der Waals surface area contributed by atoms with E-state index in [1.807, 2.05) is 6.92 Å². The maximum atomic E-state index is 12.2. The van der Waals surface area contributed by atoms with Crippen molar-refractivity contribution in [3.05, 3.63) is 29.8 Å². The van der Waals surface area contributed by atoms with Gasteiger partial charge in [0.25, 0.3) is 0 Å². The average molecular weight is 352 g/mol. The molecule has 0 aliphatic carbocycles. The molecule has 1 aromatic rings. The van der Waals surface area contributed by atoms with Crippen molar-refractivity contribution in [1.82, 2.24) is 10.6 Å². The number of carboxylic acids is 1. The van der Waals surface area contributed by atoms with Crippen LogP contribution >= 0.6 is 0 Å². The van der Waals surface area contributed by atoms with E-state index in [1.54, 1.807) is 24.3 Å². The number of para-hydroxylation sites is 1. The smallest absolute Gasteiger partial charge is 0.334 e. The first-order chi connectivity index (χ1) is 11.9. The minimum atomic E-state index is -1.16. The molecule has 0 saturated carbocycles. The van der Waals surface area contributed by atoms with Crippen LogP contribution in [0.4, 0.5) is 0 Å². The number of carboxylic acid groups (broad SMARTS) is 1. The fourth-order valence-electron chi connectivity index (χ4n) is 2.28. The Bertz CT molecular complexity index is 605. The van der Waals surface area contributed by atoms with E-state index >= 15 is 0 Å². The molecule has 2 atom stereocenters. The van der Waals surface area contributed by atoms with Crippen LogP contribution in [0.15, 0.2) is 24.3 Å². The van der Waals surface area contributed by atoms with Crippen molar-refractivity contribution >= 4 is 17.8 Å². The highest BCUT2D eigenvalue weighted by Gasteiger charge is 2.22. The summed E-state index contributed by atoms with van der Waals surface area (Å²) in [6, 6.07) is 6.53. The van der Waals surface area contributed by atoms with E-state index < -0.39 is 24.0 Å². The highest BCUT2D eigenvalue weighted by molar-refractivity contribution is 5.80. The Morgan fingerprint density at radius 2 is 1.92 bits per heavy atom. The largest absolute Gasteiger partial charge is 0.494 e. The highest BCUT2D eigenvalue weighted by atomic mass is 16.5. The van der Waals surface area contributed by atoms with Gasteiger partial charge in [-0.15, -0.1) is 0 Å². The van der Waals surface area contributed by atoms with Crippen molar-refractivity contribution in [2.45, 2.75) is 32.4 Å². The van der Waals surface area contributed by atoms with E-state index in [4.69, 9.17) is 14.6 Å². The van der Waals surface area contributed by atoms with Crippen LogP contribution in [0.25, 0.3) is 0 Å². The molecule has 0 aliphatic rings. The van der Waals surface area contributed by atoms with Gasteiger partial charge in [-0.1, -0.05) is 18.2 Å². The quantitative estimate of drug-likeness (QED) is 0.576. The van der Waals surface area contributed by atoms with Gasteiger partial charge in [0, 0.05) is 19.6 Å². The molecule has 1 rings (SSSR count). The van der Waals surface area contributed by atoms with Gasteiger partial charge in [-0.05, 0) is 13.0 Å². The molecule has 1 aromatic carbocycles. The lowest BCUT2D eigenvalue weighted by molar-refractivity contribution is -0.148. The van der Waals surface area contributed by atoms with E-state index in [0.29, 0.717) is 17.9 Å². The Kier molecular flexibility index (Phi) is 8.42. The Morgan fingerprint density at radius 1 is 1.24 bits per heavy atom. The summed E-state index contributed by atoms with van der Waals surface area (Å²) < 4.78 is 10.3. The van der Waals surface area contributed by atoms with Crippen molar-refractivity contribution < 1.29 is 29.0 Å². The van der Waals surface area contributed by atoms with Crippen molar-refractivity contribution in [2.24, 2.45) is 0 Å². The lowest BCUT2D eigenvalue weighted by Gasteiger charge is -2.21. The number of aliphatic carboxylic acids is 1.